The van der Waals surface area contributed by atoms with Gasteiger partial charge in [-0.25, -0.2) is 0 Å². The molecular formula is C10H14BrN3OS. The monoisotopic (exact) mass is 303 g/mol. The number of halogens is 1. The largest absolute Gasteiger partial charge is 0.397 e. The van der Waals surface area contributed by atoms with E-state index in [0.29, 0.717) is 10.6 Å². The second-order valence-electron chi connectivity index (χ2n) is 3.85. The highest BCUT2D eigenvalue weighted by Gasteiger charge is 2.19. The number of amides is 1. The first-order valence-corrected chi connectivity index (χ1v) is 6.84. The lowest BCUT2D eigenvalue weighted by Crippen LogP contribution is -2.45. The van der Waals surface area contributed by atoms with Crippen LogP contribution in [-0.2, 0) is 0 Å². The number of nitrogen functional groups attached to an aromatic ring is 1. The van der Waals surface area contributed by atoms with Gasteiger partial charge in [-0.2, -0.15) is 0 Å². The molecule has 2 rings (SSSR count). The van der Waals surface area contributed by atoms with E-state index in [-0.39, 0.29) is 11.9 Å². The smallest absolute Gasteiger partial charge is 0.263 e. The zero-order valence-electron chi connectivity index (χ0n) is 8.75. The Kier molecular flexibility index (Phi) is 3.83. The van der Waals surface area contributed by atoms with Crippen molar-refractivity contribution in [2.45, 2.75) is 18.9 Å². The van der Waals surface area contributed by atoms with Gasteiger partial charge in [-0.05, 0) is 41.4 Å². The molecule has 1 amide bonds. The van der Waals surface area contributed by atoms with Gasteiger partial charge in [0.2, 0.25) is 0 Å². The first-order valence-electron chi connectivity index (χ1n) is 5.23. The fourth-order valence-electron chi connectivity index (χ4n) is 1.78. The molecule has 6 heteroatoms. The van der Waals surface area contributed by atoms with E-state index >= 15 is 0 Å². The number of anilines is 1. The molecule has 0 bridgehead atoms. The molecule has 1 saturated heterocycles. The lowest BCUT2D eigenvalue weighted by molar-refractivity contribution is 0.0935. The van der Waals surface area contributed by atoms with Crippen molar-refractivity contribution in [1.82, 2.24) is 10.6 Å². The molecule has 88 valence electrons. The van der Waals surface area contributed by atoms with Gasteiger partial charge in [0.05, 0.1) is 9.47 Å². The molecule has 0 aliphatic carbocycles. The Morgan fingerprint density at radius 3 is 3.06 bits per heavy atom. The van der Waals surface area contributed by atoms with Crippen molar-refractivity contribution in [1.29, 1.82) is 0 Å². The number of piperidine rings is 1. The Morgan fingerprint density at radius 2 is 2.50 bits per heavy atom. The summed E-state index contributed by atoms with van der Waals surface area (Å²) in [7, 11) is 0. The number of carbonyl (C=O) groups excluding carboxylic acids is 1. The van der Waals surface area contributed by atoms with E-state index in [9.17, 15) is 4.79 Å². The van der Waals surface area contributed by atoms with E-state index in [1.165, 1.54) is 11.3 Å². The second kappa shape index (κ2) is 5.16. The third kappa shape index (κ3) is 2.75. The van der Waals surface area contributed by atoms with Crippen molar-refractivity contribution in [3.05, 3.63) is 14.7 Å². The number of thiophene rings is 1. The van der Waals surface area contributed by atoms with E-state index in [1.54, 1.807) is 6.07 Å². The van der Waals surface area contributed by atoms with E-state index in [1.807, 2.05) is 0 Å². The van der Waals surface area contributed by atoms with Crippen LogP contribution in [0.4, 0.5) is 5.69 Å². The SMILES string of the molecule is Nc1cc(Br)sc1C(=O)NC1CCCNC1. The molecule has 0 radical (unpaired) electrons. The fourth-order valence-corrected chi connectivity index (χ4v) is 3.22. The summed E-state index contributed by atoms with van der Waals surface area (Å²) >= 11 is 4.69. The number of nitrogens with two attached hydrogens (primary N) is 1. The molecule has 1 aliphatic heterocycles. The Bertz CT molecular complexity index is 387. The van der Waals surface area contributed by atoms with Crippen molar-refractivity contribution in [3.63, 3.8) is 0 Å². The molecule has 1 atom stereocenters. The van der Waals surface area contributed by atoms with Crippen LogP contribution in [0.1, 0.15) is 22.5 Å². The molecule has 16 heavy (non-hydrogen) atoms. The van der Waals surface area contributed by atoms with Crippen LogP contribution in [0.5, 0.6) is 0 Å². The van der Waals surface area contributed by atoms with Crippen molar-refractivity contribution in [3.8, 4) is 0 Å². The Hall–Kier alpha value is -0.590. The predicted molar refractivity (Wildman–Crippen MR) is 69.8 cm³/mol. The lowest BCUT2D eigenvalue weighted by Gasteiger charge is -2.23. The van der Waals surface area contributed by atoms with Crippen LogP contribution in [0.25, 0.3) is 0 Å². The summed E-state index contributed by atoms with van der Waals surface area (Å²) in [6.45, 7) is 1.89. The first-order chi connectivity index (χ1) is 7.66. The maximum Gasteiger partial charge on any atom is 0.263 e. The zero-order chi connectivity index (χ0) is 11.5. The van der Waals surface area contributed by atoms with E-state index < -0.39 is 0 Å². The minimum Gasteiger partial charge on any atom is -0.397 e. The average Bonchev–Trinajstić information content (AvgIpc) is 2.59. The predicted octanol–water partition coefficient (Wildman–Crippen LogP) is 1.57. The summed E-state index contributed by atoms with van der Waals surface area (Å²) in [6, 6.07) is 1.99. The molecule has 1 unspecified atom stereocenters. The first kappa shape index (κ1) is 11.9. The minimum atomic E-state index is -0.0677. The molecule has 4 N–H and O–H groups in total. The highest BCUT2D eigenvalue weighted by Crippen LogP contribution is 2.29. The van der Waals surface area contributed by atoms with Gasteiger partial charge >= 0.3 is 0 Å². The molecule has 4 nitrogen and oxygen atoms in total. The van der Waals surface area contributed by atoms with E-state index in [4.69, 9.17) is 5.73 Å². The van der Waals surface area contributed by atoms with E-state index in [2.05, 4.69) is 26.6 Å². The Balaban J connectivity index is 1.99. The molecule has 1 aliphatic rings. The Labute approximate surface area is 107 Å². The third-order valence-corrected chi connectivity index (χ3v) is 4.22. The summed E-state index contributed by atoms with van der Waals surface area (Å²) < 4.78 is 0.886. The van der Waals surface area contributed by atoms with Gasteiger partial charge in [0.25, 0.3) is 5.91 Å². The van der Waals surface area contributed by atoms with Crippen molar-refractivity contribution in [2.75, 3.05) is 18.8 Å². The van der Waals surface area contributed by atoms with Gasteiger partial charge in [0.15, 0.2) is 0 Å². The number of hydrogen-bond donors (Lipinski definition) is 3. The maximum atomic E-state index is 11.9. The van der Waals surface area contributed by atoms with Crippen LogP contribution in [0, 0.1) is 0 Å². The van der Waals surface area contributed by atoms with Crippen LogP contribution in [0.3, 0.4) is 0 Å². The molecule has 1 aromatic heterocycles. The summed E-state index contributed by atoms with van der Waals surface area (Å²) in [6.07, 6.45) is 2.14. The van der Waals surface area contributed by atoms with Crippen LogP contribution < -0.4 is 16.4 Å². The van der Waals surface area contributed by atoms with Gasteiger partial charge in [-0.1, -0.05) is 0 Å². The summed E-state index contributed by atoms with van der Waals surface area (Å²) in [5.74, 6) is -0.0677. The van der Waals surface area contributed by atoms with Crippen LogP contribution >= 0.6 is 27.3 Å². The fraction of sp³-hybridized carbons (Fsp3) is 0.500. The summed E-state index contributed by atoms with van der Waals surface area (Å²) in [4.78, 5) is 12.5. The highest BCUT2D eigenvalue weighted by molar-refractivity contribution is 9.11. The van der Waals surface area contributed by atoms with Crippen LogP contribution in [0.15, 0.2) is 9.85 Å². The second-order valence-corrected chi connectivity index (χ2v) is 6.28. The molecule has 0 aromatic carbocycles. The number of nitrogens with one attached hydrogen (secondary N) is 2. The Morgan fingerprint density at radius 1 is 1.69 bits per heavy atom. The average molecular weight is 304 g/mol. The molecule has 1 fully saturated rings. The van der Waals surface area contributed by atoms with Crippen molar-refractivity contribution >= 4 is 38.9 Å². The van der Waals surface area contributed by atoms with Crippen molar-refractivity contribution in [2.24, 2.45) is 0 Å². The summed E-state index contributed by atoms with van der Waals surface area (Å²) in [5, 5.41) is 6.26. The zero-order valence-corrected chi connectivity index (χ0v) is 11.2. The molecule has 1 aromatic rings. The number of hydrogen-bond acceptors (Lipinski definition) is 4. The van der Waals surface area contributed by atoms with Gasteiger partial charge < -0.3 is 16.4 Å². The van der Waals surface area contributed by atoms with Crippen LogP contribution in [-0.4, -0.2) is 25.0 Å². The maximum absolute atomic E-state index is 11.9. The molecular weight excluding hydrogens is 290 g/mol. The lowest BCUT2D eigenvalue weighted by atomic mass is 10.1. The number of rotatable bonds is 2. The van der Waals surface area contributed by atoms with Crippen molar-refractivity contribution < 1.29 is 4.79 Å². The van der Waals surface area contributed by atoms with Crippen LogP contribution in [0.2, 0.25) is 0 Å². The van der Waals surface area contributed by atoms with Gasteiger partial charge in [-0.3, -0.25) is 4.79 Å². The third-order valence-electron chi connectivity index (χ3n) is 2.57. The highest BCUT2D eigenvalue weighted by atomic mass is 79.9. The normalized spacial score (nSPS) is 20.7. The standard InChI is InChI=1S/C10H14BrN3OS/c11-8-4-7(12)9(16-8)10(15)14-6-2-1-3-13-5-6/h4,6,13H,1-3,5,12H2,(H,14,15). The topological polar surface area (TPSA) is 67.2 Å². The molecule has 0 saturated carbocycles. The molecule has 0 spiro atoms. The molecule has 2 heterocycles. The van der Waals surface area contributed by atoms with Gasteiger partial charge in [-0.15, -0.1) is 11.3 Å². The number of carbonyl (C=O) groups is 1. The quantitative estimate of drug-likeness (QED) is 0.777. The van der Waals surface area contributed by atoms with Gasteiger partial charge in [0.1, 0.15) is 4.88 Å². The van der Waals surface area contributed by atoms with Gasteiger partial charge in [0, 0.05) is 12.6 Å². The van der Waals surface area contributed by atoms with E-state index in [0.717, 1.165) is 29.7 Å². The minimum absolute atomic E-state index is 0.0677. The summed E-state index contributed by atoms with van der Waals surface area (Å²) in [5.41, 5.74) is 6.29.